The number of aryl methyl sites for hydroxylation is 2. The molecule has 3 amide bonds. The number of para-hydroxylation sites is 1. The number of aliphatic hydroxyl groups is 1. The number of benzene rings is 1. The van der Waals surface area contributed by atoms with Crippen molar-refractivity contribution in [2.45, 2.75) is 57.3 Å². The van der Waals surface area contributed by atoms with Crippen LogP contribution in [0, 0.1) is 25.7 Å². The minimum absolute atomic E-state index is 0.0231. The van der Waals surface area contributed by atoms with Gasteiger partial charge in [0.25, 0.3) is 0 Å². The average molecular weight is 430 g/mol. The highest BCUT2D eigenvalue weighted by Gasteiger charge is 2.74. The number of amides is 3. The molecule has 0 aromatic heterocycles. The Kier molecular flexibility index (Phi) is 5.79. The number of carbonyl (C=O) groups excluding carboxylic acids is 3. The second-order valence-electron chi connectivity index (χ2n) is 8.89. The fraction of sp³-hybridized carbons (Fsp3) is 0.609. The van der Waals surface area contributed by atoms with Gasteiger partial charge in [-0.15, -0.1) is 0 Å². The van der Waals surface area contributed by atoms with Crippen molar-refractivity contribution >= 4 is 23.4 Å². The summed E-state index contributed by atoms with van der Waals surface area (Å²) in [6, 6.07) is 5.00. The van der Waals surface area contributed by atoms with Gasteiger partial charge in [0.05, 0.1) is 17.9 Å². The third-order valence-corrected chi connectivity index (χ3v) is 7.13. The van der Waals surface area contributed by atoms with Gasteiger partial charge in [-0.05, 0) is 50.7 Å². The highest BCUT2D eigenvalue weighted by atomic mass is 16.5. The number of anilines is 1. The normalized spacial score (nSPS) is 31.1. The first-order chi connectivity index (χ1) is 14.9. The third kappa shape index (κ3) is 3.32. The van der Waals surface area contributed by atoms with Crippen LogP contribution in [0.2, 0.25) is 0 Å². The molecule has 4 rings (SSSR count). The summed E-state index contributed by atoms with van der Waals surface area (Å²) >= 11 is 0. The van der Waals surface area contributed by atoms with E-state index in [9.17, 15) is 19.5 Å². The maximum atomic E-state index is 13.6. The summed E-state index contributed by atoms with van der Waals surface area (Å²) in [5, 5.41) is 14.9. The van der Waals surface area contributed by atoms with E-state index in [0.29, 0.717) is 32.2 Å². The van der Waals surface area contributed by atoms with E-state index in [1.165, 1.54) is 0 Å². The lowest BCUT2D eigenvalue weighted by Gasteiger charge is -2.33. The van der Waals surface area contributed by atoms with Crippen LogP contribution in [0.5, 0.6) is 0 Å². The average Bonchev–Trinajstić information content (AvgIpc) is 3.38. The zero-order chi connectivity index (χ0) is 22.3. The minimum Gasteiger partial charge on any atom is -0.396 e. The molecule has 1 aromatic rings. The molecule has 2 unspecified atom stereocenters. The first-order valence-electron chi connectivity index (χ1n) is 11.0. The Labute approximate surface area is 182 Å². The van der Waals surface area contributed by atoms with Crippen LogP contribution >= 0.6 is 0 Å². The van der Waals surface area contributed by atoms with E-state index < -0.39 is 23.5 Å². The number of nitrogens with zero attached hydrogens (tertiary/aromatic N) is 1. The van der Waals surface area contributed by atoms with Crippen molar-refractivity contribution in [2.24, 2.45) is 11.8 Å². The SMILES string of the molecule is CNC(=O)[C@@H]1[C@H]2C(=O)N(CCCCO)C(C(=O)Nc3c(C)cccc3C)C23CC[C@H]1O3. The summed E-state index contributed by atoms with van der Waals surface area (Å²) in [5.74, 6) is -1.93. The maximum absolute atomic E-state index is 13.6. The molecular formula is C23H31N3O5. The molecule has 1 spiro atoms. The van der Waals surface area contributed by atoms with E-state index in [4.69, 9.17) is 4.74 Å². The molecule has 5 atom stereocenters. The first kappa shape index (κ1) is 21.8. The molecule has 3 saturated heterocycles. The summed E-state index contributed by atoms with van der Waals surface area (Å²) in [6.45, 7) is 4.23. The van der Waals surface area contributed by atoms with E-state index in [1.807, 2.05) is 32.0 Å². The highest BCUT2D eigenvalue weighted by Crippen LogP contribution is 2.58. The Morgan fingerprint density at radius 1 is 1.23 bits per heavy atom. The van der Waals surface area contributed by atoms with E-state index in [2.05, 4.69) is 10.6 Å². The van der Waals surface area contributed by atoms with Gasteiger partial charge in [0.15, 0.2) is 0 Å². The van der Waals surface area contributed by atoms with Gasteiger partial charge in [-0.25, -0.2) is 0 Å². The molecule has 3 aliphatic rings. The fourth-order valence-electron chi connectivity index (χ4n) is 5.76. The molecule has 3 N–H and O–H groups in total. The van der Waals surface area contributed by atoms with E-state index in [1.54, 1.807) is 11.9 Å². The summed E-state index contributed by atoms with van der Waals surface area (Å²) < 4.78 is 6.32. The Balaban J connectivity index is 1.70. The highest BCUT2D eigenvalue weighted by molar-refractivity contribution is 6.04. The van der Waals surface area contributed by atoms with Crippen LogP contribution in [0.25, 0.3) is 0 Å². The molecule has 31 heavy (non-hydrogen) atoms. The monoisotopic (exact) mass is 429 g/mol. The van der Waals surface area contributed by atoms with Crippen LogP contribution in [0.1, 0.15) is 36.8 Å². The van der Waals surface area contributed by atoms with E-state index in [0.717, 1.165) is 16.8 Å². The van der Waals surface area contributed by atoms with Crippen molar-refractivity contribution < 1.29 is 24.2 Å². The summed E-state index contributed by atoms with van der Waals surface area (Å²) in [5.41, 5.74) is 1.64. The fourth-order valence-corrected chi connectivity index (χ4v) is 5.76. The molecule has 1 aromatic carbocycles. The first-order valence-corrected chi connectivity index (χ1v) is 11.0. The number of likely N-dealkylation sites (tertiary alicyclic amines) is 1. The molecule has 0 aliphatic carbocycles. The van der Waals surface area contributed by atoms with Gasteiger partial charge in [0, 0.05) is 25.9 Å². The molecule has 0 saturated carbocycles. The van der Waals surface area contributed by atoms with Crippen LogP contribution < -0.4 is 10.6 Å². The molecule has 8 nitrogen and oxygen atoms in total. The van der Waals surface area contributed by atoms with Crippen LogP contribution in [0.15, 0.2) is 18.2 Å². The molecule has 8 heteroatoms. The number of carbonyl (C=O) groups is 3. The van der Waals surface area contributed by atoms with Gasteiger partial charge in [-0.1, -0.05) is 18.2 Å². The lowest BCUT2D eigenvalue weighted by atomic mass is 9.70. The molecule has 3 heterocycles. The standard InChI is InChI=1S/C23H31N3O5/c1-13-7-6-8-14(2)18(13)25-21(29)19-23-10-9-15(31-23)16(20(28)24-3)17(23)22(30)26(19)11-4-5-12-27/h6-8,15-17,19,27H,4-5,9-12H2,1-3H3,(H,24,28)(H,25,29)/t15-,16+,17+,19?,23?/m1/s1. The Morgan fingerprint density at radius 2 is 1.94 bits per heavy atom. The number of fused-ring (bicyclic) bond motifs is 1. The third-order valence-electron chi connectivity index (χ3n) is 7.13. The topological polar surface area (TPSA) is 108 Å². The number of ether oxygens (including phenoxy) is 1. The van der Waals surface area contributed by atoms with E-state index in [-0.39, 0.29) is 30.4 Å². The van der Waals surface area contributed by atoms with Crippen molar-refractivity contribution in [3.63, 3.8) is 0 Å². The van der Waals surface area contributed by atoms with Crippen LogP contribution in [0.3, 0.4) is 0 Å². The number of unbranched alkanes of at least 4 members (excludes halogenated alkanes) is 1. The molecule has 3 fully saturated rings. The number of rotatable bonds is 7. The van der Waals surface area contributed by atoms with Crippen molar-refractivity contribution in [2.75, 3.05) is 25.5 Å². The van der Waals surface area contributed by atoms with Gasteiger partial charge in [-0.3, -0.25) is 14.4 Å². The van der Waals surface area contributed by atoms with Crippen molar-refractivity contribution in [3.05, 3.63) is 29.3 Å². The van der Waals surface area contributed by atoms with Crippen molar-refractivity contribution in [1.29, 1.82) is 0 Å². The summed E-state index contributed by atoms with van der Waals surface area (Å²) in [6.07, 6.45) is 1.99. The van der Waals surface area contributed by atoms with Crippen LogP contribution in [0.4, 0.5) is 5.69 Å². The second kappa shape index (κ2) is 8.24. The summed E-state index contributed by atoms with van der Waals surface area (Å²) in [7, 11) is 1.56. The molecule has 3 aliphatic heterocycles. The lowest BCUT2D eigenvalue weighted by molar-refractivity contribution is -0.140. The predicted octanol–water partition coefficient (Wildman–Crippen LogP) is 1.14. The van der Waals surface area contributed by atoms with Gasteiger partial charge in [0.1, 0.15) is 11.6 Å². The smallest absolute Gasteiger partial charge is 0.250 e. The van der Waals surface area contributed by atoms with E-state index >= 15 is 0 Å². The number of aliphatic hydroxyl groups excluding tert-OH is 1. The second-order valence-corrected chi connectivity index (χ2v) is 8.89. The Hall–Kier alpha value is -2.45. The molecule has 2 bridgehead atoms. The Morgan fingerprint density at radius 3 is 2.58 bits per heavy atom. The van der Waals surface area contributed by atoms with Gasteiger partial charge in [0.2, 0.25) is 17.7 Å². The zero-order valence-electron chi connectivity index (χ0n) is 18.3. The minimum atomic E-state index is -0.987. The summed E-state index contributed by atoms with van der Waals surface area (Å²) in [4.78, 5) is 41.4. The van der Waals surface area contributed by atoms with Crippen LogP contribution in [-0.4, -0.2) is 65.7 Å². The van der Waals surface area contributed by atoms with Gasteiger partial charge in [-0.2, -0.15) is 0 Å². The zero-order valence-corrected chi connectivity index (χ0v) is 18.3. The number of hydrogen-bond acceptors (Lipinski definition) is 5. The number of nitrogens with one attached hydrogen (secondary N) is 2. The van der Waals surface area contributed by atoms with Crippen molar-refractivity contribution in [1.82, 2.24) is 10.2 Å². The quantitative estimate of drug-likeness (QED) is 0.564. The maximum Gasteiger partial charge on any atom is 0.250 e. The lowest BCUT2D eigenvalue weighted by Crippen LogP contribution is -2.53. The largest absolute Gasteiger partial charge is 0.396 e. The molecule has 0 radical (unpaired) electrons. The van der Waals surface area contributed by atoms with Gasteiger partial charge >= 0.3 is 0 Å². The van der Waals surface area contributed by atoms with Crippen molar-refractivity contribution in [3.8, 4) is 0 Å². The molecular weight excluding hydrogens is 398 g/mol. The molecule has 168 valence electrons. The predicted molar refractivity (Wildman–Crippen MR) is 114 cm³/mol. The Bertz CT molecular complexity index is 883. The van der Waals surface area contributed by atoms with Crippen LogP contribution in [-0.2, 0) is 19.1 Å². The number of hydrogen-bond donors (Lipinski definition) is 3. The van der Waals surface area contributed by atoms with Gasteiger partial charge < -0.3 is 25.4 Å².